The number of hydrogen-bond acceptors (Lipinski definition) is 5. The molecule has 2 heterocycles. The number of H-pyrrole nitrogens is 1. The first-order valence-corrected chi connectivity index (χ1v) is 6.61. The van der Waals surface area contributed by atoms with Gasteiger partial charge in [-0.3, -0.25) is 10.1 Å². The molecule has 0 spiro atoms. The summed E-state index contributed by atoms with van der Waals surface area (Å²) in [6, 6.07) is 7.23. The number of rotatable bonds is 5. The van der Waals surface area contributed by atoms with Crippen molar-refractivity contribution in [2.45, 2.75) is 6.42 Å². The Balaban J connectivity index is 1.68. The van der Waals surface area contributed by atoms with Gasteiger partial charge in [0.05, 0.1) is 16.0 Å². The van der Waals surface area contributed by atoms with Gasteiger partial charge in [0.25, 0.3) is 0 Å². The van der Waals surface area contributed by atoms with Gasteiger partial charge in [-0.1, -0.05) is 0 Å². The Morgan fingerprint density at radius 1 is 1.36 bits per heavy atom. The fraction of sp³-hybridized carbons (Fsp3) is 0.143. The highest BCUT2D eigenvalue weighted by atomic mass is 19.1. The van der Waals surface area contributed by atoms with Crippen LogP contribution in [0.2, 0.25) is 0 Å². The monoisotopic (exact) mass is 301 g/mol. The molecule has 7 nitrogen and oxygen atoms in total. The molecule has 112 valence electrons. The summed E-state index contributed by atoms with van der Waals surface area (Å²) in [7, 11) is 0. The van der Waals surface area contributed by atoms with Gasteiger partial charge in [-0.25, -0.2) is 14.4 Å². The summed E-state index contributed by atoms with van der Waals surface area (Å²) in [6.45, 7) is 0.417. The zero-order valence-corrected chi connectivity index (χ0v) is 11.4. The van der Waals surface area contributed by atoms with Crippen molar-refractivity contribution in [2.75, 3.05) is 11.9 Å². The summed E-state index contributed by atoms with van der Waals surface area (Å²) in [4.78, 5) is 21.7. The highest BCUT2D eigenvalue weighted by Crippen LogP contribution is 2.20. The van der Waals surface area contributed by atoms with Crippen molar-refractivity contribution < 1.29 is 9.31 Å². The van der Waals surface area contributed by atoms with E-state index >= 15 is 0 Å². The molecule has 0 unspecified atom stereocenters. The third-order valence-electron chi connectivity index (χ3n) is 3.13. The number of anilines is 1. The summed E-state index contributed by atoms with van der Waals surface area (Å²) < 4.78 is 13.1. The van der Waals surface area contributed by atoms with E-state index in [4.69, 9.17) is 0 Å². The molecule has 0 amide bonds. The van der Waals surface area contributed by atoms with Crippen LogP contribution >= 0.6 is 0 Å². The molecular weight excluding hydrogens is 289 g/mol. The fourth-order valence-electron chi connectivity index (χ4n) is 2.13. The van der Waals surface area contributed by atoms with Gasteiger partial charge in [-0.2, -0.15) is 0 Å². The van der Waals surface area contributed by atoms with Gasteiger partial charge < -0.3 is 10.3 Å². The van der Waals surface area contributed by atoms with Crippen molar-refractivity contribution in [1.82, 2.24) is 15.0 Å². The smallest absolute Gasteiger partial charge is 0.311 e. The van der Waals surface area contributed by atoms with Crippen LogP contribution in [0.1, 0.15) is 5.82 Å². The molecule has 0 radical (unpaired) electrons. The van der Waals surface area contributed by atoms with Crippen molar-refractivity contribution in [3.63, 3.8) is 0 Å². The number of nitrogens with one attached hydrogen (secondary N) is 2. The highest BCUT2D eigenvalue weighted by molar-refractivity contribution is 5.74. The minimum absolute atomic E-state index is 0.0748. The number of halogens is 1. The maximum Gasteiger partial charge on any atom is 0.311 e. The van der Waals surface area contributed by atoms with Crippen LogP contribution < -0.4 is 5.32 Å². The minimum atomic E-state index is -0.487. The van der Waals surface area contributed by atoms with Gasteiger partial charge in [0, 0.05) is 25.2 Å². The van der Waals surface area contributed by atoms with E-state index in [1.165, 1.54) is 30.5 Å². The Morgan fingerprint density at radius 2 is 2.23 bits per heavy atom. The molecule has 2 N–H and O–H groups in total. The summed E-state index contributed by atoms with van der Waals surface area (Å²) in [6.07, 6.45) is 1.99. The van der Waals surface area contributed by atoms with Gasteiger partial charge in [0.1, 0.15) is 11.6 Å². The van der Waals surface area contributed by atoms with E-state index in [1.807, 2.05) is 0 Å². The summed E-state index contributed by atoms with van der Waals surface area (Å²) in [5.74, 6) is 0.561. The van der Waals surface area contributed by atoms with Crippen LogP contribution in [0.15, 0.2) is 36.5 Å². The van der Waals surface area contributed by atoms with E-state index in [1.54, 1.807) is 6.07 Å². The first-order chi connectivity index (χ1) is 10.6. The second-order valence-corrected chi connectivity index (χ2v) is 4.65. The number of benzene rings is 1. The zero-order valence-electron chi connectivity index (χ0n) is 11.4. The molecule has 0 saturated carbocycles. The quantitative estimate of drug-likeness (QED) is 0.558. The molecular formula is C14H12FN5O2. The number of aromatic nitrogens is 3. The molecule has 2 aromatic heterocycles. The number of aromatic amines is 1. The van der Waals surface area contributed by atoms with Gasteiger partial charge in [0.2, 0.25) is 5.82 Å². The first kappa shape index (κ1) is 13.9. The Labute approximate surface area is 124 Å². The van der Waals surface area contributed by atoms with Gasteiger partial charge in [-0.15, -0.1) is 0 Å². The molecule has 0 saturated heterocycles. The predicted octanol–water partition coefficient (Wildman–Crippen LogP) is 2.66. The molecule has 0 aliphatic heterocycles. The minimum Gasteiger partial charge on any atom is -0.364 e. The van der Waals surface area contributed by atoms with Crippen molar-refractivity contribution in [3.05, 3.63) is 58.3 Å². The van der Waals surface area contributed by atoms with Gasteiger partial charge >= 0.3 is 5.69 Å². The maximum atomic E-state index is 13.1. The number of nitrogens with zero attached hydrogens (tertiary/aromatic N) is 3. The van der Waals surface area contributed by atoms with E-state index in [-0.39, 0.29) is 17.3 Å². The normalized spacial score (nSPS) is 10.8. The predicted molar refractivity (Wildman–Crippen MR) is 79.1 cm³/mol. The largest absolute Gasteiger partial charge is 0.364 e. The van der Waals surface area contributed by atoms with Gasteiger partial charge in [-0.05, 0) is 24.3 Å². The van der Waals surface area contributed by atoms with Crippen LogP contribution in [0.4, 0.5) is 15.9 Å². The lowest BCUT2D eigenvalue weighted by Gasteiger charge is -2.04. The van der Waals surface area contributed by atoms with Gasteiger partial charge in [0.15, 0.2) is 0 Å². The lowest BCUT2D eigenvalue weighted by atomic mass is 10.3. The van der Waals surface area contributed by atoms with E-state index in [0.29, 0.717) is 29.8 Å². The first-order valence-electron chi connectivity index (χ1n) is 6.61. The van der Waals surface area contributed by atoms with Crippen molar-refractivity contribution in [3.8, 4) is 0 Å². The summed E-state index contributed by atoms with van der Waals surface area (Å²) in [5.41, 5.74) is 1.23. The highest BCUT2D eigenvalue weighted by Gasteiger charge is 2.13. The van der Waals surface area contributed by atoms with Crippen LogP contribution in [-0.4, -0.2) is 26.4 Å². The van der Waals surface area contributed by atoms with Crippen LogP contribution in [0.25, 0.3) is 11.0 Å². The lowest BCUT2D eigenvalue weighted by Crippen LogP contribution is -2.09. The SMILES string of the molecule is O=[N+]([O-])c1cccnc1NCCc1nc2ccc(F)cc2[nH]1. The van der Waals surface area contributed by atoms with E-state index < -0.39 is 4.92 Å². The molecule has 1 aromatic carbocycles. The number of pyridine rings is 1. The summed E-state index contributed by atoms with van der Waals surface area (Å²) >= 11 is 0. The average Bonchev–Trinajstić information content (AvgIpc) is 2.89. The second-order valence-electron chi connectivity index (χ2n) is 4.65. The van der Waals surface area contributed by atoms with Crippen LogP contribution in [0, 0.1) is 15.9 Å². The Hall–Kier alpha value is -3.03. The fourth-order valence-corrected chi connectivity index (χ4v) is 2.13. The molecule has 0 bridgehead atoms. The van der Waals surface area contributed by atoms with Crippen LogP contribution in [0.5, 0.6) is 0 Å². The molecule has 0 aliphatic carbocycles. The molecule has 3 rings (SSSR count). The number of hydrogen-bond donors (Lipinski definition) is 2. The standard InChI is InChI=1S/C14H12FN5O2/c15-9-3-4-10-11(8-9)19-13(18-10)5-7-17-14-12(20(21)22)2-1-6-16-14/h1-4,6,8H,5,7H2,(H,16,17)(H,18,19). The summed E-state index contributed by atoms with van der Waals surface area (Å²) in [5, 5.41) is 13.8. The maximum absolute atomic E-state index is 13.1. The van der Waals surface area contributed by atoms with E-state index in [2.05, 4.69) is 20.3 Å². The second kappa shape index (κ2) is 5.76. The topological polar surface area (TPSA) is 96.7 Å². The third kappa shape index (κ3) is 2.85. The Bertz CT molecular complexity index is 833. The van der Waals surface area contributed by atoms with Crippen LogP contribution in [0.3, 0.4) is 0 Å². The van der Waals surface area contributed by atoms with Crippen molar-refractivity contribution in [1.29, 1.82) is 0 Å². The molecule has 3 aromatic rings. The van der Waals surface area contributed by atoms with E-state index in [9.17, 15) is 14.5 Å². The zero-order chi connectivity index (χ0) is 15.5. The molecule has 8 heteroatoms. The number of imidazole rings is 1. The molecule has 22 heavy (non-hydrogen) atoms. The van der Waals surface area contributed by atoms with Crippen LogP contribution in [-0.2, 0) is 6.42 Å². The third-order valence-corrected chi connectivity index (χ3v) is 3.13. The molecule has 0 atom stereocenters. The average molecular weight is 301 g/mol. The lowest BCUT2D eigenvalue weighted by molar-refractivity contribution is -0.384. The molecule has 0 fully saturated rings. The Morgan fingerprint density at radius 3 is 3.05 bits per heavy atom. The number of fused-ring (bicyclic) bond motifs is 1. The molecule has 0 aliphatic rings. The Kier molecular flexibility index (Phi) is 3.65. The number of nitro groups is 1. The van der Waals surface area contributed by atoms with Crippen molar-refractivity contribution in [2.24, 2.45) is 0 Å². The van der Waals surface area contributed by atoms with Crippen molar-refractivity contribution >= 4 is 22.5 Å². The van der Waals surface area contributed by atoms with E-state index in [0.717, 1.165) is 0 Å².